The number of benzene rings is 1. The summed E-state index contributed by atoms with van der Waals surface area (Å²) in [6, 6.07) is 4.95. The molecule has 11 heteroatoms. The average Bonchev–Trinajstić information content (AvgIpc) is 2.63. The van der Waals surface area contributed by atoms with Gasteiger partial charge in [0.15, 0.2) is 5.69 Å². The minimum Gasteiger partial charge on any atom is -0.328 e. The summed E-state index contributed by atoms with van der Waals surface area (Å²) in [5, 5.41) is 3.80. The zero-order chi connectivity index (χ0) is 22.7. The van der Waals surface area contributed by atoms with Gasteiger partial charge in [0, 0.05) is 18.3 Å². The summed E-state index contributed by atoms with van der Waals surface area (Å²) in [6.45, 7) is 1.30. The Labute approximate surface area is 167 Å². The largest absolute Gasteiger partial charge is 0.416 e. The molecule has 0 fully saturated rings. The molecule has 1 heterocycles. The highest BCUT2D eigenvalue weighted by molar-refractivity contribution is 5.92. The molecule has 0 saturated heterocycles. The van der Waals surface area contributed by atoms with Gasteiger partial charge in [-0.2, -0.15) is 31.4 Å². The van der Waals surface area contributed by atoms with Gasteiger partial charge in [0.1, 0.15) is 6.54 Å². The zero-order valence-corrected chi connectivity index (χ0v) is 16.1. The first-order chi connectivity index (χ1) is 13.8. The van der Waals surface area contributed by atoms with Crippen LogP contribution in [0.5, 0.6) is 0 Å². The average molecular weight is 435 g/mol. The highest BCUT2D eigenvalue weighted by Crippen LogP contribution is 2.30. The van der Waals surface area contributed by atoms with E-state index in [-0.39, 0.29) is 24.3 Å². The minimum atomic E-state index is -4.69. The third-order valence-corrected chi connectivity index (χ3v) is 4.17. The number of carbonyl (C=O) groups is 1. The zero-order valence-electron chi connectivity index (χ0n) is 16.1. The number of nitrogens with zero attached hydrogens (tertiary/aromatic N) is 3. The standard InChI is InChI=1S/C19H19F6N3O2/c1-3-4-8-27(11-18(20,21)22)17(30)16-15(29)9-12(2)28(26-16)14-7-5-6-13(10-14)19(23,24)25/h5-7,9-10H,3-4,8,11H2,1-2H3. The molecule has 0 spiro atoms. The van der Waals surface area contributed by atoms with Crippen molar-refractivity contribution in [1.29, 1.82) is 0 Å². The number of unbranched alkanes of at least 4 members (excludes halogenated alkanes) is 1. The maximum absolute atomic E-state index is 13.0. The Balaban J connectivity index is 2.52. The fraction of sp³-hybridized carbons (Fsp3) is 0.421. The molecule has 1 aromatic carbocycles. The van der Waals surface area contributed by atoms with E-state index in [0.717, 1.165) is 28.9 Å². The maximum atomic E-state index is 13.0. The summed E-state index contributed by atoms with van der Waals surface area (Å²) >= 11 is 0. The summed E-state index contributed by atoms with van der Waals surface area (Å²) < 4.78 is 78.5. The van der Waals surface area contributed by atoms with Crippen molar-refractivity contribution in [1.82, 2.24) is 14.7 Å². The topological polar surface area (TPSA) is 55.2 Å². The number of alkyl halides is 6. The lowest BCUT2D eigenvalue weighted by molar-refractivity contribution is -0.141. The number of aromatic nitrogens is 2. The van der Waals surface area contributed by atoms with E-state index in [2.05, 4.69) is 5.10 Å². The molecule has 0 N–H and O–H groups in total. The van der Waals surface area contributed by atoms with Crippen molar-refractivity contribution in [3.05, 3.63) is 57.5 Å². The van der Waals surface area contributed by atoms with E-state index in [4.69, 9.17) is 0 Å². The monoisotopic (exact) mass is 435 g/mol. The number of aryl methyl sites for hydroxylation is 1. The predicted molar refractivity (Wildman–Crippen MR) is 96.4 cm³/mol. The van der Waals surface area contributed by atoms with Gasteiger partial charge < -0.3 is 4.90 Å². The van der Waals surface area contributed by atoms with E-state index < -0.39 is 41.5 Å². The predicted octanol–water partition coefficient (Wildman–Crippen LogP) is 4.36. The fourth-order valence-corrected chi connectivity index (χ4v) is 2.74. The molecular formula is C19H19F6N3O2. The molecule has 164 valence electrons. The van der Waals surface area contributed by atoms with E-state index >= 15 is 0 Å². The minimum absolute atomic E-state index is 0.0905. The molecule has 2 rings (SSSR count). The summed E-state index contributed by atoms with van der Waals surface area (Å²) in [7, 11) is 0. The van der Waals surface area contributed by atoms with E-state index in [1.165, 1.54) is 13.0 Å². The van der Waals surface area contributed by atoms with Crippen LogP contribution in [0.15, 0.2) is 35.1 Å². The Kier molecular flexibility index (Phi) is 6.94. The Morgan fingerprint density at radius 1 is 1.13 bits per heavy atom. The molecule has 2 aromatic rings. The van der Waals surface area contributed by atoms with E-state index in [9.17, 15) is 35.9 Å². The van der Waals surface area contributed by atoms with Crippen molar-refractivity contribution >= 4 is 5.91 Å². The second kappa shape index (κ2) is 8.88. The Morgan fingerprint density at radius 2 is 1.80 bits per heavy atom. The van der Waals surface area contributed by atoms with Gasteiger partial charge in [0.25, 0.3) is 5.91 Å². The number of rotatable bonds is 6. The molecule has 5 nitrogen and oxygen atoms in total. The quantitative estimate of drug-likeness (QED) is 0.634. The molecule has 0 aliphatic rings. The third-order valence-electron chi connectivity index (χ3n) is 4.17. The van der Waals surface area contributed by atoms with Gasteiger partial charge in [-0.25, -0.2) is 4.68 Å². The van der Waals surface area contributed by atoms with Crippen LogP contribution in [0.1, 0.15) is 41.5 Å². The molecule has 0 radical (unpaired) electrons. The highest BCUT2D eigenvalue weighted by atomic mass is 19.4. The Morgan fingerprint density at radius 3 is 2.37 bits per heavy atom. The SMILES string of the molecule is CCCCN(CC(F)(F)F)C(=O)c1nn(-c2cccc(C(F)(F)F)c2)c(C)cc1=O. The summed E-state index contributed by atoms with van der Waals surface area (Å²) in [5.74, 6) is -1.23. The van der Waals surface area contributed by atoms with Gasteiger partial charge in [-0.1, -0.05) is 19.4 Å². The van der Waals surface area contributed by atoms with Crippen LogP contribution in [-0.2, 0) is 6.18 Å². The normalized spacial score (nSPS) is 12.1. The summed E-state index contributed by atoms with van der Waals surface area (Å²) in [4.78, 5) is 25.4. The molecule has 0 atom stereocenters. The lowest BCUT2D eigenvalue weighted by Crippen LogP contribution is -2.42. The number of hydrogen-bond acceptors (Lipinski definition) is 3. The smallest absolute Gasteiger partial charge is 0.328 e. The van der Waals surface area contributed by atoms with Crippen molar-refractivity contribution in [2.45, 2.75) is 39.0 Å². The van der Waals surface area contributed by atoms with Gasteiger partial charge in [-0.05, 0) is 31.5 Å². The first-order valence-electron chi connectivity index (χ1n) is 8.98. The van der Waals surface area contributed by atoms with Gasteiger partial charge in [0.05, 0.1) is 11.3 Å². The van der Waals surface area contributed by atoms with Crippen molar-refractivity contribution in [2.75, 3.05) is 13.1 Å². The van der Waals surface area contributed by atoms with Crippen LogP contribution in [0.4, 0.5) is 26.3 Å². The van der Waals surface area contributed by atoms with Crippen molar-refractivity contribution in [3.63, 3.8) is 0 Å². The lowest BCUT2D eigenvalue weighted by atomic mass is 10.2. The second-order valence-electron chi connectivity index (χ2n) is 6.65. The number of amides is 1. The first-order valence-corrected chi connectivity index (χ1v) is 8.98. The van der Waals surface area contributed by atoms with Gasteiger partial charge >= 0.3 is 12.4 Å². The van der Waals surface area contributed by atoms with Gasteiger partial charge in [-0.15, -0.1) is 0 Å². The van der Waals surface area contributed by atoms with Crippen LogP contribution in [-0.4, -0.2) is 39.9 Å². The summed E-state index contributed by atoms with van der Waals surface area (Å²) in [5.41, 5.74) is -2.66. The summed E-state index contributed by atoms with van der Waals surface area (Å²) in [6.07, 6.45) is -8.54. The Bertz CT molecular complexity index is 966. The lowest BCUT2D eigenvalue weighted by Gasteiger charge is -2.23. The van der Waals surface area contributed by atoms with E-state index in [1.807, 2.05) is 0 Å². The van der Waals surface area contributed by atoms with E-state index in [1.54, 1.807) is 6.92 Å². The van der Waals surface area contributed by atoms with Crippen molar-refractivity contribution in [3.8, 4) is 5.69 Å². The molecule has 0 aliphatic carbocycles. The van der Waals surface area contributed by atoms with Crippen LogP contribution in [0, 0.1) is 6.92 Å². The molecule has 0 saturated carbocycles. The third kappa shape index (κ3) is 5.83. The first kappa shape index (κ1) is 23.4. The fourth-order valence-electron chi connectivity index (χ4n) is 2.74. The second-order valence-corrected chi connectivity index (χ2v) is 6.65. The highest BCUT2D eigenvalue weighted by Gasteiger charge is 2.34. The van der Waals surface area contributed by atoms with Crippen LogP contribution in [0.3, 0.4) is 0 Å². The van der Waals surface area contributed by atoms with Crippen molar-refractivity contribution < 1.29 is 31.1 Å². The maximum Gasteiger partial charge on any atom is 0.416 e. The van der Waals surface area contributed by atoms with Gasteiger partial charge in [-0.3, -0.25) is 9.59 Å². The molecule has 0 unspecified atom stereocenters. The van der Waals surface area contributed by atoms with Crippen LogP contribution >= 0.6 is 0 Å². The van der Waals surface area contributed by atoms with E-state index in [0.29, 0.717) is 11.3 Å². The Hall–Kier alpha value is -2.85. The van der Waals surface area contributed by atoms with Crippen LogP contribution in [0.25, 0.3) is 5.69 Å². The molecule has 1 aromatic heterocycles. The van der Waals surface area contributed by atoms with Crippen LogP contribution < -0.4 is 5.43 Å². The van der Waals surface area contributed by atoms with Crippen molar-refractivity contribution in [2.24, 2.45) is 0 Å². The number of halogens is 6. The molecular weight excluding hydrogens is 416 g/mol. The number of carbonyl (C=O) groups excluding carboxylic acids is 1. The van der Waals surface area contributed by atoms with Gasteiger partial charge in [0.2, 0.25) is 5.43 Å². The molecule has 30 heavy (non-hydrogen) atoms. The molecule has 0 bridgehead atoms. The molecule has 0 aliphatic heterocycles. The molecule has 1 amide bonds. The van der Waals surface area contributed by atoms with Crippen LogP contribution in [0.2, 0.25) is 0 Å². The number of hydrogen-bond donors (Lipinski definition) is 0.